The molecule has 0 fully saturated rings. The van der Waals surface area contributed by atoms with Gasteiger partial charge < -0.3 is 9.84 Å². The number of carbonyl (C=O) groups is 2. The Morgan fingerprint density at radius 3 is 1.43 bits per heavy atom. The fourth-order valence-electron chi connectivity index (χ4n) is 4.90. The number of carbonyl (C=O) groups excluding carboxylic acids is 1. The van der Waals surface area contributed by atoms with E-state index in [2.05, 4.69) is 112 Å². The number of esters is 1. The molecule has 0 saturated heterocycles. The average Bonchev–Trinajstić information content (AvgIpc) is 3.15. The SMILES string of the molecule is C=Cc1ccc(C(=O)Oc2cccnc2C(=O)O)cc1.CC(C)(C)c1ccc(-c2ccccn2)cc1.CC(C)(C)c1ccc(-c2ccccn2)cc1.[Ir+3]. The minimum Gasteiger partial charge on any atom is -0.476 e. The molecule has 0 aliphatic heterocycles. The summed E-state index contributed by atoms with van der Waals surface area (Å²) in [4.78, 5) is 35.2. The molecule has 1 N–H and O–H groups in total. The average molecular weight is 884 g/mol. The maximum absolute atomic E-state index is 11.9. The van der Waals surface area contributed by atoms with Crippen LogP contribution in [0.3, 0.4) is 0 Å². The molecule has 8 heteroatoms. The Labute approximate surface area is 326 Å². The van der Waals surface area contributed by atoms with Crippen LogP contribution in [0.4, 0.5) is 0 Å². The molecule has 0 aliphatic rings. The minimum absolute atomic E-state index is 0. The van der Waals surface area contributed by atoms with Crippen LogP contribution in [-0.4, -0.2) is 32.0 Å². The first-order valence-corrected chi connectivity index (χ1v) is 16.9. The molecule has 0 spiro atoms. The largest absolute Gasteiger partial charge is 3.00 e. The number of hydrogen-bond acceptors (Lipinski definition) is 6. The standard InChI is InChI=1S/C15H11NO4.2C15H17N.Ir/c1-2-10-5-7-11(8-6-10)15(19)20-12-4-3-9-16-13(12)14(17)18;2*1-15(2,3)13-9-7-12(8-10-13)14-6-4-5-11-16-14;/h2-9H,1H2,(H,17,18);2*4-11H,1-3H3;/q;;;+3. The Bertz CT molecular complexity index is 1960. The minimum atomic E-state index is -1.25. The number of nitrogens with zero attached hydrogens (tertiary/aromatic N) is 3. The van der Waals surface area contributed by atoms with Crippen LogP contribution in [-0.2, 0) is 30.9 Å². The van der Waals surface area contributed by atoms with Gasteiger partial charge in [0.05, 0.1) is 17.0 Å². The van der Waals surface area contributed by atoms with Crippen molar-refractivity contribution in [1.82, 2.24) is 15.0 Å². The number of carboxylic acids is 1. The summed E-state index contributed by atoms with van der Waals surface area (Å²) in [6.07, 6.45) is 6.62. The van der Waals surface area contributed by atoms with Crippen LogP contribution in [0.5, 0.6) is 5.75 Å². The molecule has 3 aromatic heterocycles. The van der Waals surface area contributed by atoms with Gasteiger partial charge >= 0.3 is 32.0 Å². The van der Waals surface area contributed by atoms with Crippen molar-refractivity contribution >= 4 is 18.0 Å². The monoisotopic (exact) mass is 884 g/mol. The molecule has 6 rings (SSSR count). The summed E-state index contributed by atoms with van der Waals surface area (Å²) in [7, 11) is 0. The second kappa shape index (κ2) is 19.3. The van der Waals surface area contributed by atoms with Crippen LogP contribution >= 0.6 is 0 Å². The fraction of sp³-hybridized carbons (Fsp3) is 0.178. The molecule has 3 heterocycles. The summed E-state index contributed by atoms with van der Waals surface area (Å²) in [5.41, 5.74) is 8.42. The molecular formula is C45H45IrN3O4+3. The van der Waals surface area contributed by atoms with Crippen LogP contribution < -0.4 is 4.74 Å². The second-order valence-corrected chi connectivity index (χ2v) is 14.0. The molecule has 270 valence electrons. The molecule has 0 saturated carbocycles. The van der Waals surface area contributed by atoms with E-state index >= 15 is 0 Å². The van der Waals surface area contributed by atoms with Gasteiger partial charge in [0.15, 0.2) is 11.4 Å². The number of rotatable bonds is 6. The topological polar surface area (TPSA) is 102 Å². The van der Waals surface area contributed by atoms with Crippen molar-refractivity contribution in [3.8, 4) is 28.3 Å². The van der Waals surface area contributed by atoms with Crippen LogP contribution in [0.25, 0.3) is 28.6 Å². The third-order valence-corrected chi connectivity index (χ3v) is 7.98. The van der Waals surface area contributed by atoms with E-state index in [0.29, 0.717) is 5.56 Å². The molecule has 6 aromatic rings. The molecule has 3 aromatic carbocycles. The maximum atomic E-state index is 11.9. The number of pyridine rings is 3. The van der Waals surface area contributed by atoms with Gasteiger partial charge in [-0.15, -0.1) is 0 Å². The third kappa shape index (κ3) is 12.6. The van der Waals surface area contributed by atoms with E-state index in [-0.39, 0.29) is 42.4 Å². The van der Waals surface area contributed by atoms with Crippen molar-refractivity contribution in [3.63, 3.8) is 0 Å². The summed E-state index contributed by atoms with van der Waals surface area (Å²) in [6, 6.07) is 38.7. The van der Waals surface area contributed by atoms with Crippen LogP contribution in [0.2, 0.25) is 0 Å². The van der Waals surface area contributed by atoms with Crippen molar-refractivity contribution in [3.05, 3.63) is 174 Å². The molecule has 0 radical (unpaired) electrons. The number of aromatic nitrogens is 3. The van der Waals surface area contributed by atoms with E-state index < -0.39 is 11.9 Å². The Kier molecular flexibility index (Phi) is 15.3. The van der Waals surface area contributed by atoms with Gasteiger partial charge in [-0.2, -0.15) is 0 Å². The Morgan fingerprint density at radius 1 is 0.604 bits per heavy atom. The molecule has 0 unspecified atom stereocenters. The van der Waals surface area contributed by atoms with Gasteiger partial charge in [0, 0.05) is 29.7 Å². The Morgan fingerprint density at radius 2 is 1.06 bits per heavy atom. The van der Waals surface area contributed by atoms with Gasteiger partial charge in [0.25, 0.3) is 0 Å². The zero-order valence-electron chi connectivity index (χ0n) is 30.9. The summed E-state index contributed by atoms with van der Waals surface area (Å²) < 4.78 is 5.06. The van der Waals surface area contributed by atoms with Crippen molar-refractivity contribution in [2.24, 2.45) is 0 Å². The van der Waals surface area contributed by atoms with Crippen molar-refractivity contribution in [2.75, 3.05) is 0 Å². The summed E-state index contributed by atoms with van der Waals surface area (Å²) in [6.45, 7) is 17.0. The van der Waals surface area contributed by atoms with Gasteiger partial charge in [0.1, 0.15) is 0 Å². The van der Waals surface area contributed by atoms with Gasteiger partial charge in [-0.25, -0.2) is 14.6 Å². The first-order chi connectivity index (χ1) is 24.8. The van der Waals surface area contributed by atoms with E-state index in [9.17, 15) is 9.59 Å². The Balaban J connectivity index is 0.000000214. The van der Waals surface area contributed by atoms with E-state index in [1.165, 1.54) is 40.6 Å². The fourth-order valence-corrected chi connectivity index (χ4v) is 4.90. The molecular weight excluding hydrogens is 839 g/mol. The molecule has 0 aliphatic carbocycles. The number of benzene rings is 3. The van der Waals surface area contributed by atoms with Crippen molar-refractivity contribution in [2.45, 2.75) is 52.4 Å². The number of carboxylic acid groups (broad SMARTS) is 1. The van der Waals surface area contributed by atoms with E-state index in [1.807, 2.05) is 48.8 Å². The predicted molar refractivity (Wildman–Crippen MR) is 209 cm³/mol. The van der Waals surface area contributed by atoms with Gasteiger partial charge in [-0.3, -0.25) is 9.97 Å². The van der Waals surface area contributed by atoms with Crippen LogP contribution in [0.1, 0.15) is 79.1 Å². The van der Waals surface area contributed by atoms with E-state index in [4.69, 9.17) is 9.84 Å². The molecule has 0 amide bonds. The van der Waals surface area contributed by atoms with Crippen LogP contribution in [0.15, 0.2) is 146 Å². The second-order valence-electron chi connectivity index (χ2n) is 14.0. The first kappa shape index (κ1) is 41.9. The smallest absolute Gasteiger partial charge is 0.476 e. The zero-order valence-corrected chi connectivity index (χ0v) is 33.3. The molecule has 0 bridgehead atoms. The summed E-state index contributed by atoms with van der Waals surface area (Å²) in [5.74, 6) is -1.98. The Hall–Kier alpha value is -5.56. The summed E-state index contributed by atoms with van der Waals surface area (Å²) in [5, 5.41) is 8.95. The maximum Gasteiger partial charge on any atom is 3.00 e. The van der Waals surface area contributed by atoms with Crippen molar-refractivity contribution in [1.29, 1.82) is 0 Å². The molecule has 53 heavy (non-hydrogen) atoms. The van der Waals surface area contributed by atoms with Crippen LogP contribution in [0, 0.1) is 0 Å². The van der Waals surface area contributed by atoms with Crippen molar-refractivity contribution < 1.29 is 39.5 Å². The van der Waals surface area contributed by atoms with E-state index in [1.54, 1.807) is 30.3 Å². The number of hydrogen-bond donors (Lipinski definition) is 1. The zero-order chi connectivity index (χ0) is 37.7. The van der Waals surface area contributed by atoms with E-state index in [0.717, 1.165) is 17.0 Å². The van der Waals surface area contributed by atoms with Gasteiger partial charge in [-0.05, 0) is 76.1 Å². The molecule has 0 atom stereocenters. The number of aromatic carboxylic acids is 1. The van der Waals surface area contributed by atoms with Gasteiger partial charge in [-0.1, -0.05) is 127 Å². The molecule has 7 nitrogen and oxygen atoms in total. The first-order valence-electron chi connectivity index (χ1n) is 16.9. The third-order valence-electron chi connectivity index (χ3n) is 7.98. The quantitative estimate of drug-likeness (QED) is 0.166. The normalized spacial score (nSPS) is 10.6. The number of ether oxygens (including phenoxy) is 1. The van der Waals surface area contributed by atoms with Gasteiger partial charge in [0.2, 0.25) is 0 Å². The summed E-state index contributed by atoms with van der Waals surface area (Å²) >= 11 is 0. The predicted octanol–water partition coefficient (Wildman–Crippen LogP) is 10.7.